The van der Waals surface area contributed by atoms with Crippen LogP contribution in [0.1, 0.15) is 45.3 Å². The molecule has 1 aliphatic rings. The highest BCUT2D eigenvalue weighted by molar-refractivity contribution is 7.12. The molecule has 6 heteroatoms. The van der Waals surface area contributed by atoms with Gasteiger partial charge in [0, 0.05) is 45.4 Å². The lowest BCUT2D eigenvalue weighted by molar-refractivity contribution is 0.0499. The Hall–Kier alpha value is -1.73. The molecule has 1 aliphatic heterocycles. The number of thiophene rings is 1. The molecule has 0 spiro atoms. The van der Waals surface area contributed by atoms with E-state index in [-0.39, 0.29) is 12.4 Å². The molecule has 0 saturated carbocycles. The summed E-state index contributed by atoms with van der Waals surface area (Å²) in [5.41, 5.74) is 5.01. The van der Waals surface area contributed by atoms with Crippen molar-refractivity contribution in [3.63, 3.8) is 0 Å². The molecule has 1 aromatic carbocycles. The molecule has 0 amide bonds. The van der Waals surface area contributed by atoms with Crippen LogP contribution in [0.3, 0.4) is 0 Å². The number of aliphatic hydroxyl groups is 1. The number of Topliss-reactive ketones (excluding diaryl/α,β-unsaturated/α-hetero) is 1. The molecule has 1 fully saturated rings. The van der Waals surface area contributed by atoms with E-state index < -0.39 is 0 Å². The summed E-state index contributed by atoms with van der Waals surface area (Å²) < 4.78 is 5.44. The molecule has 1 atom stereocenters. The first-order valence-corrected chi connectivity index (χ1v) is 11.1. The zero-order valence-electron chi connectivity index (χ0n) is 17.9. The van der Waals surface area contributed by atoms with Crippen LogP contribution in [0, 0.1) is 13.8 Å². The molecule has 2 aromatic rings. The van der Waals surface area contributed by atoms with Gasteiger partial charge in [-0.1, -0.05) is 6.07 Å². The molecular weight excluding hydrogens is 384 g/mol. The molecule has 29 heavy (non-hydrogen) atoms. The fraction of sp³-hybridized carbons (Fsp3) is 0.522. The van der Waals surface area contributed by atoms with Crippen molar-refractivity contribution in [2.45, 2.75) is 46.3 Å². The van der Waals surface area contributed by atoms with Crippen LogP contribution in [0.5, 0.6) is 5.75 Å². The molecule has 0 aliphatic carbocycles. The maximum atomic E-state index is 11.6. The highest BCUT2D eigenvalue weighted by Crippen LogP contribution is 2.27. The fourth-order valence-corrected chi connectivity index (χ4v) is 4.90. The predicted molar refractivity (Wildman–Crippen MR) is 118 cm³/mol. The predicted octanol–water partition coefficient (Wildman–Crippen LogP) is 3.64. The van der Waals surface area contributed by atoms with Gasteiger partial charge in [-0.25, -0.2) is 0 Å². The largest absolute Gasteiger partial charge is 0.496 e. The van der Waals surface area contributed by atoms with Crippen LogP contribution in [-0.4, -0.2) is 60.1 Å². The maximum absolute atomic E-state index is 11.6. The summed E-state index contributed by atoms with van der Waals surface area (Å²) in [7, 11) is 1.71. The summed E-state index contributed by atoms with van der Waals surface area (Å²) in [5, 5.41) is 11.7. The Morgan fingerprint density at radius 3 is 2.69 bits per heavy atom. The van der Waals surface area contributed by atoms with Gasteiger partial charge in [-0.2, -0.15) is 0 Å². The lowest BCUT2D eigenvalue weighted by Gasteiger charge is -2.41. The van der Waals surface area contributed by atoms with Crippen LogP contribution in [0.4, 0.5) is 0 Å². The number of benzene rings is 1. The van der Waals surface area contributed by atoms with Gasteiger partial charge >= 0.3 is 0 Å². The van der Waals surface area contributed by atoms with Crippen LogP contribution >= 0.6 is 11.3 Å². The van der Waals surface area contributed by atoms with Gasteiger partial charge in [0.05, 0.1) is 12.0 Å². The molecule has 5 nitrogen and oxygen atoms in total. The number of ether oxygens (including phenoxy) is 1. The summed E-state index contributed by atoms with van der Waals surface area (Å²) in [5.74, 6) is 1.07. The molecule has 1 saturated heterocycles. The van der Waals surface area contributed by atoms with Crippen LogP contribution in [-0.2, 0) is 13.1 Å². The Morgan fingerprint density at radius 1 is 1.24 bits per heavy atom. The third-order valence-electron chi connectivity index (χ3n) is 6.00. The molecule has 0 unspecified atom stereocenters. The maximum Gasteiger partial charge on any atom is 0.169 e. The van der Waals surface area contributed by atoms with Gasteiger partial charge in [-0.3, -0.25) is 14.6 Å². The topological polar surface area (TPSA) is 53.0 Å². The van der Waals surface area contributed by atoms with Crippen molar-refractivity contribution in [2.75, 3.05) is 33.4 Å². The molecule has 1 aromatic heterocycles. The summed E-state index contributed by atoms with van der Waals surface area (Å²) >= 11 is 1.53. The first-order chi connectivity index (χ1) is 13.9. The highest BCUT2D eigenvalue weighted by atomic mass is 32.1. The SMILES string of the molecule is COc1ccc(CN2CCN(Cc3csc(C(C)=O)c3)C[C@H]2CCO)c(C)c1C. The number of hydrogen-bond donors (Lipinski definition) is 1. The van der Waals surface area contributed by atoms with E-state index in [2.05, 4.69) is 41.2 Å². The number of methoxy groups -OCH3 is 1. The standard InChI is InChI=1S/C23H32N2O3S/c1-16-17(2)22(28-4)6-5-20(16)13-25-9-8-24(14-21(25)7-10-26)12-19-11-23(18(3)27)29-15-19/h5-6,11,15,21,26H,7-10,12-14H2,1-4H3/t21-/m1/s1. The van der Waals surface area contributed by atoms with E-state index in [1.165, 1.54) is 33.6 Å². The second-order valence-corrected chi connectivity index (χ2v) is 8.84. The van der Waals surface area contributed by atoms with E-state index in [1.807, 2.05) is 6.07 Å². The van der Waals surface area contributed by atoms with Crippen molar-refractivity contribution in [1.82, 2.24) is 9.80 Å². The Balaban J connectivity index is 1.67. The second kappa shape index (κ2) is 9.85. The minimum absolute atomic E-state index is 0.134. The van der Waals surface area contributed by atoms with Gasteiger partial charge in [-0.15, -0.1) is 11.3 Å². The van der Waals surface area contributed by atoms with E-state index >= 15 is 0 Å². The zero-order valence-corrected chi connectivity index (χ0v) is 18.7. The third-order valence-corrected chi connectivity index (χ3v) is 7.08. The Morgan fingerprint density at radius 2 is 2.03 bits per heavy atom. The lowest BCUT2D eigenvalue weighted by Crippen LogP contribution is -2.52. The van der Waals surface area contributed by atoms with E-state index in [0.717, 1.165) is 49.8 Å². The van der Waals surface area contributed by atoms with Gasteiger partial charge in [0.1, 0.15) is 5.75 Å². The Bertz CT molecular complexity index is 849. The van der Waals surface area contributed by atoms with Gasteiger partial charge in [0.25, 0.3) is 0 Å². The summed E-state index contributed by atoms with van der Waals surface area (Å²) in [6, 6.07) is 6.56. The van der Waals surface area contributed by atoms with Crippen LogP contribution in [0.2, 0.25) is 0 Å². The molecule has 0 radical (unpaired) electrons. The molecule has 158 valence electrons. The quantitative estimate of drug-likeness (QED) is 0.666. The van der Waals surface area contributed by atoms with Gasteiger partial charge in [0.15, 0.2) is 5.78 Å². The number of aliphatic hydroxyl groups excluding tert-OH is 1. The highest BCUT2D eigenvalue weighted by Gasteiger charge is 2.27. The minimum atomic E-state index is 0.134. The number of nitrogens with zero attached hydrogens (tertiary/aromatic N) is 2. The minimum Gasteiger partial charge on any atom is -0.496 e. The van der Waals surface area contributed by atoms with Crippen molar-refractivity contribution in [2.24, 2.45) is 0 Å². The van der Waals surface area contributed by atoms with Gasteiger partial charge in [-0.05, 0) is 67.0 Å². The molecular formula is C23H32N2O3S. The van der Waals surface area contributed by atoms with Crippen molar-refractivity contribution in [3.8, 4) is 5.75 Å². The molecule has 2 heterocycles. The normalized spacial score (nSPS) is 18.2. The number of piperazine rings is 1. The van der Waals surface area contributed by atoms with Gasteiger partial charge in [0.2, 0.25) is 0 Å². The van der Waals surface area contributed by atoms with Gasteiger partial charge < -0.3 is 9.84 Å². The summed E-state index contributed by atoms with van der Waals surface area (Å²) in [6.45, 7) is 10.7. The van der Waals surface area contributed by atoms with E-state index in [9.17, 15) is 9.90 Å². The Labute approximate surface area is 177 Å². The zero-order chi connectivity index (χ0) is 21.0. The van der Waals surface area contributed by atoms with E-state index in [4.69, 9.17) is 4.74 Å². The number of carbonyl (C=O) groups is 1. The summed E-state index contributed by atoms with van der Waals surface area (Å²) in [6.07, 6.45) is 0.771. The first-order valence-electron chi connectivity index (χ1n) is 10.2. The monoisotopic (exact) mass is 416 g/mol. The van der Waals surface area contributed by atoms with E-state index in [0.29, 0.717) is 6.04 Å². The third kappa shape index (κ3) is 5.25. The average Bonchev–Trinajstić information content (AvgIpc) is 3.16. The Kier molecular flexibility index (Phi) is 7.46. The van der Waals surface area contributed by atoms with Crippen molar-refractivity contribution >= 4 is 17.1 Å². The van der Waals surface area contributed by atoms with Crippen LogP contribution in [0.15, 0.2) is 23.6 Å². The summed E-state index contributed by atoms with van der Waals surface area (Å²) in [4.78, 5) is 17.3. The fourth-order valence-electron chi connectivity index (χ4n) is 4.10. The molecule has 1 N–H and O–H groups in total. The van der Waals surface area contributed by atoms with Crippen LogP contribution in [0.25, 0.3) is 0 Å². The number of rotatable bonds is 8. The molecule has 0 bridgehead atoms. The number of carbonyl (C=O) groups excluding carboxylic acids is 1. The number of ketones is 1. The first kappa shape index (κ1) is 22.0. The second-order valence-electron chi connectivity index (χ2n) is 7.92. The lowest BCUT2D eigenvalue weighted by atomic mass is 10.00. The number of hydrogen-bond acceptors (Lipinski definition) is 6. The van der Waals surface area contributed by atoms with Crippen LogP contribution < -0.4 is 4.74 Å². The molecule has 3 rings (SSSR count). The smallest absolute Gasteiger partial charge is 0.169 e. The van der Waals surface area contributed by atoms with E-state index in [1.54, 1.807) is 14.0 Å². The van der Waals surface area contributed by atoms with Crippen molar-refractivity contribution in [1.29, 1.82) is 0 Å². The van der Waals surface area contributed by atoms with Crippen molar-refractivity contribution < 1.29 is 14.6 Å². The van der Waals surface area contributed by atoms with Crippen molar-refractivity contribution in [3.05, 3.63) is 50.7 Å². The average molecular weight is 417 g/mol.